The third kappa shape index (κ3) is 13.0. The SMILES string of the molecule is [2H]C([2H])(NC(=O)CCCCCCCCCCC)C(=O)O. The van der Waals surface area contributed by atoms with Gasteiger partial charge in [-0.1, -0.05) is 58.3 Å². The number of hydrogen-bond acceptors (Lipinski definition) is 2. The number of unbranched alkanes of at least 4 members (excludes halogenated alkanes) is 8. The molecule has 0 aliphatic carbocycles. The fourth-order valence-corrected chi connectivity index (χ4v) is 1.78. The first-order chi connectivity index (χ1) is 9.40. The van der Waals surface area contributed by atoms with Crippen molar-refractivity contribution in [3.63, 3.8) is 0 Å². The summed E-state index contributed by atoms with van der Waals surface area (Å²) in [6.45, 7) is -0.478. The highest BCUT2D eigenvalue weighted by Gasteiger charge is 2.02. The fourth-order valence-electron chi connectivity index (χ4n) is 1.78. The van der Waals surface area contributed by atoms with E-state index in [-0.39, 0.29) is 6.42 Å². The molecule has 0 aliphatic rings. The van der Waals surface area contributed by atoms with Crippen molar-refractivity contribution in [1.82, 2.24) is 5.32 Å². The van der Waals surface area contributed by atoms with Crippen molar-refractivity contribution in [2.45, 2.75) is 71.1 Å². The lowest BCUT2D eigenvalue weighted by atomic mass is 10.1. The van der Waals surface area contributed by atoms with Crippen molar-refractivity contribution in [3.05, 3.63) is 0 Å². The molecule has 0 heterocycles. The molecule has 4 nitrogen and oxygen atoms in total. The Balaban J connectivity index is 3.47. The minimum atomic E-state index is -2.67. The van der Waals surface area contributed by atoms with Gasteiger partial charge in [-0.3, -0.25) is 9.59 Å². The van der Waals surface area contributed by atoms with Gasteiger partial charge in [0.25, 0.3) is 0 Å². The molecule has 0 aliphatic heterocycles. The monoisotopic (exact) mass is 259 g/mol. The number of carbonyl (C=O) groups is 2. The predicted octanol–water partition coefficient (Wildman–Crippen LogP) is 3.11. The molecule has 18 heavy (non-hydrogen) atoms. The normalized spacial score (nSPS) is 12.7. The van der Waals surface area contributed by atoms with Gasteiger partial charge in [-0.15, -0.1) is 0 Å². The summed E-state index contributed by atoms with van der Waals surface area (Å²) < 4.78 is 14.1. The Bertz CT molecular complexity index is 296. The number of hydrogen-bond donors (Lipinski definition) is 2. The summed E-state index contributed by atoms with van der Waals surface area (Å²) in [5.74, 6) is -2.21. The molecule has 106 valence electrons. The molecular formula is C14H27NO3. The third-order valence-electron chi connectivity index (χ3n) is 2.82. The lowest BCUT2D eigenvalue weighted by Gasteiger charge is -2.03. The molecule has 0 saturated heterocycles. The molecule has 0 bridgehead atoms. The van der Waals surface area contributed by atoms with Crippen LogP contribution in [-0.4, -0.2) is 23.5 Å². The molecule has 0 saturated carbocycles. The lowest BCUT2D eigenvalue weighted by Crippen LogP contribution is -2.28. The molecule has 0 rings (SSSR count). The molecule has 0 radical (unpaired) electrons. The van der Waals surface area contributed by atoms with Gasteiger partial charge in [0, 0.05) is 6.42 Å². The molecular weight excluding hydrogens is 230 g/mol. The van der Waals surface area contributed by atoms with E-state index in [0.717, 1.165) is 12.8 Å². The van der Waals surface area contributed by atoms with Gasteiger partial charge in [0.2, 0.25) is 5.91 Å². The van der Waals surface area contributed by atoms with E-state index in [9.17, 15) is 9.59 Å². The number of carboxylic acid groups (broad SMARTS) is 1. The first-order valence-corrected chi connectivity index (χ1v) is 6.94. The topological polar surface area (TPSA) is 66.4 Å². The van der Waals surface area contributed by atoms with E-state index in [2.05, 4.69) is 6.92 Å². The van der Waals surface area contributed by atoms with Gasteiger partial charge >= 0.3 is 5.97 Å². The van der Waals surface area contributed by atoms with Gasteiger partial charge in [0.05, 0.1) is 2.74 Å². The number of amides is 1. The molecule has 0 aromatic carbocycles. The van der Waals surface area contributed by atoms with Gasteiger partial charge in [-0.25, -0.2) is 0 Å². The molecule has 4 heteroatoms. The smallest absolute Gasteiger partial charge is 0.322 e. The zero-order valence-corrected chi connectivity index (χ0v) is 11.3. The Morgan fingerprint density at radius 3 is 2.00 bits per heavy atom. The second-order valence-corrected chi connectivity index (χ2v) is 4.56. The minimum Gasteiger partial charge on any atom is -0.480 e. The van der Waals surface area contributed by atoms with Crippen molar-refractivity contribution in [3.8, 4) is 0 Å². The van der Waals surface area contributed by atoms with E-state index in [1.165, 1.54) is 38.5 Å². The molecule has 0 fully saturated rings. The number of nitrogens with one attached hydrogen (secondary N) is 1. The van der Waals surface area contributed by atoms with Crippen molar-refractivity contribution >= 4 is 11.9 Å². The summed E-state index contributed by atoms with van der Waals surface area (Å²) in [4.78, 5) is 21.8. The largest absolute Gasteiger partial charge is 0.480 e. The van der Waals surface area contributed by atoms with Crippen LogP contribution >= 0.6 is 0 Å². The summed E-state index contributed by atoms with van der Waals surface area (Å²) in [7, 11) is 0. The van der Waals surface area contributed by atoms with Crippen LogP contribution in [0.3, 0.4) is 0 Å². The Morgan fingerprint density at radius 2 is 1.50 bits per heavy atom. The standard InChI is InChI=1S/C14H27NO3/c1-2-3-4-5-6-7-8-9-10-11-13(16)15-12-14(17)18/h2-12H2,1H3,(H,15,16)(H,17,18)/i12D2. The van der Waals surface area contributed by atoms with Crippen LogP contribution in [0.4, 0.5) is 0 Å². The first-order valence-electron chi connectivity index (χ1n) is 7.94. The van der Waals surface area contributed by atoms with Crippen molar-refractivity contribution in [2.24, 2.45) is 0 Å². The van der Waals surface area contributed by atoms with Crippen LogP contribution in [0.5, 0.6) is 0 Å². The number of carboxylic acids is 1. The average Bonchev–Trinajstić information content (AvgIpc) is 2.36. The summed E-state index contributed by atoms with van der Waals surface area (Å²) in [5.41, 5.74) is 0. The van der Waals surface area contributed by atoms with Gasteiger partial charge in [0.15, 0.2) is 0 Å². The highest BCUT2D eigenvalue weighted by molar-refractivity contribution is 5.80. The highest BCUT2D eigenvalue weighted by Crippen LogP contribution is 2.10. The Hall–Kier alpha value is -1.06. The molecule has 0 aromatic rings. The van der Waals surface area contributed by atoms with Gasteiger partial charge in [-0.2, -0.15) is 0 Å². The predicted molar refractivity (Wildman–Crippen MR) is 72.5 cm³/mol. The van der Waals surface area contributed by atoms with E-state index >= 15 is 0 Å². The zero-order chi connectivity index (χ0) is 15.4. The van der Waals surface area contributed by atoms with E-state index in [4.69, 9.17) is 7.85 Å². The zero-order valence-electron chi connectivity index (χ0n) is 13.3. The second kappa shape index (κ2) is 12.4. The summed E-state index contributed by atoms with van der Waals surface area (Å²) in [6.07, 6.45) is 10.4. The van der Waals surface area contributed by atoms with E-state index < -0.39 is 18.4 Å². The second-order valence-electron chi connectivity index (χ2n) is 4.56. The summed E-state index contributed by atoms with van der Waals surface area (Å²) >= 11 is 0. The number of rotatable bonds is 12. The maximum absolute atomic E-state index is 11.4. The number of aliphatic carboxylic acids is 1. The van der Waals surface area contributed by atoms with Crippen LogP contribution < -0.4 is 5.32 Å². The quantitative estimate of drug-likeness (QED) is 0.529. The highest BCUT2D eigenvalue weighted by atomic mass is 16.4. The van der Waals surface area contributed by atoms with E-state index in [0.29, 0.717) is 6.42 Å². The van der Waals surface area contributed by atoms with Gasteiger partial charge in [0.1, 0.15) is 6.50 Å². The maximum atomic E-state index is 11.4. The van der Waals surface area contributed by atoms with Crippen molar-refractivity contribution < 1.29 is 17.4 Å². The fraction of sp³-hybridized carbons (Fsp3) is 0.857. The van der Waals surface area contributed by atoms with Crippen LogP contribution in [0.1, 0.15) is 73.9 Å². The first kappa shape index (κ1) is 13.4. The minimum absolute atomic E-state index is 0.183. The van der Waals surface area contributed by atoms with Crippen LogP contribution in [0.15, 0.2) is 0 Å². The molecule has 0 aromatic heterocycles. The van der Waals surface area contributed by atoms with Gasteiger partial charge in [-0.05, 0) is 6.42 Å². The van der Waals surface area contributed by atoms with E-state index in [1.54, 1.807) is 0 Å². The van der Waals surface area contributed by atoms with E-state index in [1.807, 2.05) is 5.32 Å². The van der Waals surface area contributed by atoms with Crippen LogP contribution in [0.2, 0.25) is 0 Å². The molecule has 0 atom stereocenters. The molecule has 1 amide bonds. The molecule has 2 N–H and O–H groups in total. The molecule has 0 unspecified atom stereocenters. The summed E-state index contributed by atoms with van der Waals surface area (Å²) in [5, 5.41) is 10.4. The van der Waals surface area contributed by atoms with Crippen molar-refractivity contribution in [1.29, 1.82) is 0 Å². The van der Waals surface area contributed by atoms with Crippen LogP contribution in [-0.2, 0) is 9.59 Å². The van der Waals surface area contributed by atoms with Crippen molar-refractivity contribution in [2.75, 3.05) is 6.50 Å². The maximum Gasteiger partial charge on any atom is 0.322 e. The summed E-state index contributed by atoms with van der Waals surface area (Å²) in [6, 6.07) is 0. The van der Waals surface area contributed by atoms with Crippen LogP contribution in [0, 0.1) is 0 Å². The van der Waals surface area contributed by atoms with Crippen LogP contribution in [0.25, 0.3) is 0 Å². The Morgan fingerprint density at radius 1 is 1.00 bits per heavy atom. The Labute approximate surface area is 113 Å². The molecule has 0 spiro atoms. The van der Waals surface area contributed by atoms with Gasteiger partial charge < -0.3 is 10.4 Å². The lowest BCUT2D eigenvalue weighted by molar-refractivity contribution is -0.137. The Kier molecular flexibility index (Phi) is 9.21. The number of carbonyl (C=O) groups excluding carboxylic acids is 1. The average molecular weight is 259 g/mol. The third-order valence-corrected chi connectivity index (χ3v) is 2.82.